The molecule has 0 unspecified atom stereocenters. The van der Waals surface area contributed by atoms with Crippen LogP contribution in [0.5, 0.6) is 0 Å². The lowest BCUT2D eigenvalue weighted by atomic mass is 9.99. The minimum Gasteiger partial charge on any atom is -0.461 e. The van der Waals surface area contributed by atoms with Crippen molar-refractivity contribution in [3.63, 3.8) is 0 Å². The van der Waals surface area contributed by atoms with Crippen LogP contribution in [0.3, 0.4) is 0 Å². The molecule has 15 nitrogen and oxygen atoms in total. The van der Waals surface area contributed by atoms with Gasteiger partial charge in [-0.05, 0) is 43.3 Å². The number of carbonyl (C=O) groups excluding carboxylic acids is 4. The molecule has 1 saturated heterocycles. The predicted molar refractivity (Wildman–Crippen MR) is 167 cm³/mol. The molecule has 0 radical (unpaired) electrons. The van der Waals surface area contributed by atoms with Gasteiger partial charge in [-0.25, -0.2) is 19.2 Å². The van der Waals surface area contributed by atoms with Crippen LogP contribution in [0.25, 0.3) is 0 Å². The number of ether oxygens (including phenoxy) is 5. The largest absolute Gasteiger partial charge is 0.461 e. The van der Waals surface area contributed by atoms with Gasteiger partial charge in [0.05, 0.1) is 23.3 Å². The minimum atomic E-state index is -1.56. The number of nitrogens with zero attached hydrogens (tertiary/aromatic N) is 3. The Morgan fingerprint density at radius 2 is 1.31 bits per heavy atom. The summed E-state index contributed by atoms with van der Waals surface area (Å²) < 4.78 is 28.6. The molecular weight excluding hydrogens is 642 g/mol. The van der Waals surface area contributed by atoms with E-state index in [-0.39, 0.29) is 39.4 Å². The van der Waals surface area contributed by atoms with Crippen molar-refractivity contribution in [1.82, 2.24) is 9.94 Å². The van der Waals surface area contributed by atoms with Gasteiger partial charge in [-0.2, -0.15) is 0 Å². The second-order valence-corrected chi connectivity index (χ2v) is 10.7. The summed E-state index contributed by atoms with van der Waals surface area (Å²) in [5, 5.41) is 26.3. The number of rotatable bonds is 13. The highest BCUT2D eigenvalue weighted by Gasteiger charge is 2.53. The number of nitro groups is 1. The van der Waals surface area contributed by atoms with Crippen LogP contribution in [0.2, 0.25) is 0 Å². The molecule has 15 heteroatoms. The summed E-state index contributed by atoms with van der Waals surface area (Å²) in [6, 6.07) is 23.8. The van der Waals surface area contributed by atoms with E-state index in [0.717, 1.165) is 0 Å². The van der Waals surface area contributed by atoms with Gasteiger partial charge in [0, 0.05) is 16.9 Å². The van der Waals surface area contributed by atoms with Crippen molar-refractivity contribution in [2.24, 2.45) is 0 Å². The molecule has 4 aromatic rings. The maximum atomic E-state index is 13.5. The quantitative estimate of drug-likeness (QED) is 0.0707. The summed E-state index contributed by atoms with van der Waals surface area (Å²) in [6.07, 6.45) is -6.32. The first-order valence-electron chi connectivity index (χ1n) is 15.2. The van der Waals surface area contributed by atoms with E-state index in [4.69, 9.17) is 23.7 Å². The van der Waals surface area contributed by atoms with E-state index in [1.165, 1.54) is 43.3 Å². The van der Waals surface area contributed by atoms with E-state index in [2.05, 4.69) is 5.10 Å². The Bertz CT molecular complexity index is 1800. The highest BCUT2D eigenvalue weighted by Crippen LogP contribution is 2.40. The maximum Gasteiger partial charge on any atom is 0.359 e. The van der Waals surface area contributed by atoms with E-state index in [0.29, 0.717) is 0 Å². The summed E-state index contributed by atoms with van der Waals surface area (Å²) in [5.41, 5.74) is -0.382. The summed E-state index contributed by atoms with van der Waals surface area (Å²) in [4.78, 5) is 63.7. The Hall–Kier alpha value is -6.09. The third kappa shape index (κ3) is 8.08. The fraction of sp³-hybridized carbons (Fsp3) is 0.265. The maximum absolute atomic E-state index is 13.5. The van der Waals surface area contributed by atoms with Crippen molar-refractivity contribution < 1.29 is 53.0 Å². The Labute approximate surface area is 279 Å². The number of hydrogen-bond acceptors (Lipinski definition) is 13. The normalized spacial score (nSPS) is 18.3. The molecule has 0 bridgehead atoms. The number of benzene rings is 3. The molecule has 0 spiro atoms. The molecule has 254 valence electrons. The molecule has 0 amide bonds. The summed E-state index contributed by atoms with van der Waals surface area (Å²) in [5.74, 6) is -3.43. The molecule has 1 aliphatic heterocycles. The Morgan fingerprint density at radius 1 is 0.796 bits per heavy atom. The van der Waals surface area contributed by atoms with Crippen LogP contribution in [0.1, 0.15) is 65.8 Å². The van der Waals surface area contributed by atoms with E-state index in [1.807, 2.05) is 0 Å². The summed E-state index contributed by atoms with van der Waals surface area (Å²) >= 11 is 0. The number of carbonyl (C=O) groups is 4. The number of esters is 4. The molecule has 1 aliphatic rings. The van der Waals surface area contributed by atoms with Gasteiger partial charge in [-0.3, -0.25) is 10.1 Å². The van der Waals surface area contributed by atoms with E-state index in [9.17, 15) is 34.5 Å². The Morgan fingerprint density at radius 3 is 1.82 bits per heavy atom. The molecule has 1 fully saturated rings. The molecule has 1 N–H and O–H groups in total. The monoisotopic (exact) mass is 673 g/mol. The SMILES string of the molecule is CCOC(=O)c1nn(O)c([C@@H]2O[C@H](COC(=O)c3ccccc3)[C@@H](OC(=O)c3ccccc3)[C@H]2OC(=O)c2ccccc2)c1CC[N+](=O)[O-]. The predicted octanol–water partition coefficient (Wildman–Crippen LogP) is 3.86. The summed E-state index contributed by atoms with van der Waals surface area (Å²) in [6.45, 7) is 0.268. The third-order valence-corrected chi connectivity index (χ3v) is 7.49. The molecule has 4 atom stereocenters. The molecule has 5 rings (SSSR count). The zero-order chi connectivity index (χ0) is 34.9. The zero-order valence-electron chi connectivity index (χ0n) is 26.1. The first-order chi connectivity index (χ1) is 23.7. The minimum absolute atomic E-state index is 0.0647. The zero-order valence-corrected chi connectivity index (χ0v) is 26.1. The van der Waals surface area contributed by atoms with Crippen LogP contribution in [-0.4, -0.2) is 82.0 Å². The highest BCUT2D eigenvalue weighted by molar-refractivity contribution is 5.91. The molecule has 0 aliphatic carbocycles. The molecule has 49 heavy (non-hydrogen) atoms. The fourth-order valence-corrected chi connectivity index (χ4v) is 5.25. The summed E-state index contributed by atoms with van der Waals surface area (Å²) in [7, 11) is 0. The van der Waals surface area contributed by atoms with Crippen LogP contribution < -0.4 is 0 Å². The average molecular weight is 674 g/mol. The second kappa shape index (κ2) is 15.7. The van der Waals surface area contributed by atoms with Crippen LogP contribution >= 0.6 is 0 Å². The Balaban J connectivity index is 1.59. The number of aromatic nitrogens is 2. The smallest absolute Gasteiger partial charge is 0.359 e. The topological polar surface area (TPSA) is 196 Å². The first kappa shape index (κ1) is 34.3. The van der Waals surface area contributed by atoms with Gasteiger partial charge in [0.15, 0.2) is 17.9 Å². The van der Waals surface area contributed by atoms with Gasteiger partial charge in [-0.15, -0.1) is 9.94 Å². The van der Waals surface area contributed by atoms with Crippen molar-refractivity contribution in [2.45, 2.75) is 37.8 Å². The van der Waals surface area contributed by atoms with Crippen molar-refractivity contribution in [2.75, 3.05) is 19.8 Å². The lowest BCUT2D eigenvalue weighted by Gasteiger charge is -2.24. The van der Waals surface area contributed by atoms with Gasteiger partial charge >= 0.3 is 23.9 Å². The standard InChI is InChI=1S/C34H31N3O12/c1-2-45-34(41)26-24(18-19-36(42)43)27(37(44)35-26)29-30(49-33(40)23-16-10-5-11-17-23)28(48-32(39)22-14-8-4-9-15-22)25(47-29)20-46-31(38)21-12-6-3-7-13-21/h3-17,25,28-30,44H,2,18-20H2,1H3/t25-,28-,29+,30-/m1/s1. The van der Waals surface area contributed by atoms with E-state index >= 15 is 0 Å². The Kier molecular flexibility index (Phi) is 11.0. The van der Waals surface area contributed by atoms with Crippen LogP contribution in [0.15, 0.2) is 91.0 Å². The van der Waals surface area contributed by atoms with Gasteiger partial charge in [0.1, 0.15) is 24.5 Å². The molecule has 3 aromatic carbocycles. The van der Waals surface area contributed by atoms with Gasteiger partial charge in [0.25, 0.3) is 0 Å². The lowest BCUT2D eigenvalue weighted by Crippen LogP contribution is -2.41. The number of hydrogen-bond donors (Lipinski definition) is 1. The van der Waals surface area contributed by atoms with E-state index < -0.39 is 78.5 Å². The van der Waals surface area contributed by atoms with Gasteiger partial charge in [-0.1, -0.05) is 54.6 Å². The lowest BCUT2D eigenvalue weighted by molar-refractivity contribution is -0.479. The second-order valence-electron chi connectivity index (χ2n) is 10.7. The van der Waals surface area contributed by atoms with Crippen LogP contribution in [-0.2, 0) is 30.1 Å². The van der Waals surface area contributed by atoms with Crippen molar-refractivity contribution in [3.05, 3.63) is 135 Å². The van der Waals surface area contributed by atoms with Crippen molar-refractivity contribution >= 4 is 23.9 Å². The van der Waals surface area contributed by atoms with Crippen molar-refractivity contribution in [3.8, 4) is 0 Å². The molecule has 0 saturated carbocycles. The molecule has 2 heterocycles. The highest BCUT2D eigenvalue weighted by atomic mass is 16.7. The molecule has 1 aromatic heterocycles. The van der Waals surface area contributed by atoms with Crippen LogP contribution in [0.4, 0.5) is 0 Å². The molecular formula is C34H31N3O12. The van der Waals surface area contributed by atoms with Crippen LogP contribution in [0, 0.1) is 10.1 Å². The fourth-order valence-electron chi connectivity index (χ4n) is 5.25. The van der Waals surface area contributed by atoms with Crippen molar-refractivity contribution in [1.29, 1.82) is 0 Å². The van der Waals surface area contributed by atoms with E-state index in [1.54, 1.807) is 54.6 Å². The average Bonchev–Trinajstić information content (AvgIpc) is 3.62. The van der Waals surface area contributed by atoms with Gasteiger partial charge < -0.3 is 28.9 Å². The first-order valence-corrected chi connectivity index (χ1v) is 15.2. The third-order valence-electron chi connectivity index (χ3n) is 7.49. The van der Waals surface area contributed by atoms with Gasteiger partial charge in [0.2, 0.25) is 6.54 Å².